The molecular formula is C26H31ClN2O6. The molecule has 1 atom stereocenters. The molecule has 9 heteroatoms. The molecule has 0 aliphatic carbocycles. The fraction of sp³-hybridized carbons (Fsp3) is 0.423. The Labute approximate surface area is 210 Å². The van der Waals surface area contributed by atoms with Crippen LogP contribution >= 0.6 is 11.6 Å². The highest BCUT2D eigenvalue weighted by Crippen LogP contribution is 2.31. The molecule has 2 amide bonds. The second-order valence-corrected chi connectivity index (χ2v) is 8.83. The number of likely N-dealkylation sites (tertiary alicyclic amines) is 1. The van der Waals surface area contributed by atoms with Crippen molar-refractivity contribution in [3.05, 3.63) is 58.6 Å². The summed E-state index contributed by atoms with van der Waals surface area (Å²) < 4.78 is 11.3. The van der Waals surface area contributed by atoms with Gasteiger partial charge in [-0.3, -0.25) is 24.2 Å². The van der Waals surface area contributed by atoms with Crippen molar-refractivity contribution in [3.63, 3.8) is 0 Å². The first-order valence-electron chi connectivity index (χ1n) is 11.7. The Morgan fingerprint density at radius 3 is 2.40 bits per heavy atom. The average molecular weight is 503 g/mol. The third-order valence-corrected chi connectivity index (χ3v) is 6.18. The number of carbonyl (C=O) groups excluding carboxylic acids is 2. The lowest BCUT2D eigenvalue weighted by molar-refractivity contribution is -0.144. The Kier molecular flexibility index (Phi) is 9.51. The first-order chi connectivity index (χ1) is 16.8. The molecule has 0 saturated carbocycles. The largest absolute Gasteiger partial charge is 0.493 e. The Bertz CT molecular complexity index is 1030. The molecule has 0 aromatic heterocycles. The summed E-state index contributed by atoms with van der Waals surface area (Å²) >= 11 is 6.00. The van der Waals surface area contributed by atoms with E-state index in [1.807, 2.05) is 17.0 Å². The number of unbranched alkanes of at least 4 members (excludes halogenated alkanes) is 1. The maximum atomic E-state index is 12.3. The van der Waals surface area contributed by atoms with Gasteiger partial charge in [-0.15, -0.1) is 0 Å². The number of carboxylic acid groups (broad SMARTS) is 1. The lowest BCUT2D eigenvalue weighted by Gasteiger charge is -2.29. The molecule has 35 heavy (non-hydrogen) atoms. The van der Waals surface area contributed by atoms with Crippen molar-refractivity contribution < 1.29 is 29.0 Å². The molecule has 1 saturated heterocycles. The van der Waals surface area contributed by atoms with Crippen LogP contribution in [0.5, 0.6) is 11.5 Å². The predicted molar refractivity (Wildman–Crippen MR) is 132 cm³/mol. The van der Waals surface area contributed by atoms with Crippen molar-refractivity contribution in [1.82, 2.24) is 9.80 Å². The van der Waals surface area contributed by atoms with Gasteiger partial charge in [0.05, 0.1) is 13.7 Å². The van der Waals surface area contributed by atoms with E-state index in [2.05, 4.69) is 6.92 Å². The van der Waals surface area contributed by atoms with E-state index in [0.717, 1.165) is 18.4 Å². The van der Waals surface area contributed by atoms with Gasteiger partial charge in [-0.05, 0) is 48.4 Å². The van der Waals surface area contributed by atoms with E-state index in [1.165, 1.54) is 12.0 Å². The van der Waals surface area contributed by atoms with Crippen LogP contribution in [0.15, 0.2) is 42.5 Å². The molecule has 1 aliphatic heterocycles. The number of imide groups is 1. The number of nitrogens with zero attached hydrogens (tertiary/aromatic N) is 2. The van der Waals surface area contributed by atoms with Gasteiger partial charge >= 0.3 is 5.97 Å². The fourth-order valence-corrected chi connectivity index (χ4v) is 4.22. The monoisotopic (exact) mass is 502 g/mol. The minimum atomic E-state index is -0.929. The first kappa shape index (κ1) is 26.5. The van der Waals surface area contributed by atoms with E-state index in [9.17, 15) is 19.5 Å². The smallest absolute Gasteiger partial charge is 0.325 e. The SMILES string of the molecule is CCCCN(Cc1ccc(OCCN2C(=O)CCC2=O)c(OC)c1)C(C(=O)O)c1ccc(Cl)cc1. The number of amides is 2. The summed E-state index contributed by atoms with van der Waals surface area (Å²) in [5.41, 5.74) is 1.53. The van der Waals surface area contributed by atoms with Crippen LogP contribution in [0.4, 0.5) is 0 Å². The second-order valence-electron chi connectivity index (χ2n) is 8.39. The van der Waals surface area contributed by atoms with E-state index < -0.39 is 12.0 Å². The number of methoxy groups -OCH3 is 1. The number of benzene rings is 2. The number of rotatable bonds is 13. The topological polar surface area (TPSA) is 96.4 Å². The van der Waals surface area contributed by atoms with Gasteiger partial charge < -0.3 is 14.6 Å². The number of hydrogen-bond donors (Lipinski definition) is 1. The number of carboxylic acids is 1. The van der Waals surface area contributed by atoms with Crippen LogP contribution in [0.2, 0.25) is 5.02 Å². The summed E-state index contributed by atoms with van der Waals surface area (Å²) in [5, 5.41) is 10.6. The second kappa shape index (κ2) is 12.6. The van der Waals surface area contributed by atoms with E-state index in [4.69, 9.17) is 21.1 Å². The van der Waals surface area contributed by atoms with Gasteiger partial charge in [0.25, 0.3) is 0 Å². The Balaban J connectivity index is 1.74. The zero-order valence-electron chi connectivity index (χ0n) is 20.0. The Hall–Kier alpha value is -3.10. The maximum absolute atomic E-state index is 12.3. The number of hydrogen-bond acceptors (Lipinski definition) is 6. The summed E-state index contributed by atoms with van der Waals surface area (Å²) in [4.78, 5) is 38.9. The van der Waals surface area contributed by atoms with Crippen molar-refractivity contribution in [3.8, 4) is 11.5 Å². The van der Waals surface area contributed by atoms with Crippen molar-refractivity contribution in [2.45, 2.75) is 45.2 Å². The third-order valence-electron chi connectivity index (χ3n) is 5.92. The van der Waals surface area contributed by atoms with E-state index in [-0.39, 0.29) is 37.8 Å². The number of carbonyl (C=O) groups is 3. The molecular weight excluding hydrogens is 472 g/mol. The van der Waals surface area contributed by atoms with Gasteiger partial charge in [0.2, 0.25) is 11.8 Å². The normalized spacial score (nSPS) is 14.5. The highest BCUT2D eigenvalue weighted by atomic mass is 35.5. The van der Waals surface area contributed by atoms with Crippen LogP contribution in [0.3, 0.4) is 0 Å². The lowest BCUT2D eigenvalue weighted by atomic mass is 10.0. The summed E-state index contributed by atoms with van der Waals surface area (Å²) in [7, 11) is 1.53. The average Bonchev–Trinajstić information content (AvgIpc) is 3.16. The van der Waals surface area contributed by atoms with Gasteiger partial charge in [-0.2, -0.15) is 0 Å². The zero-order valence-corrected chi connectivity index (χ0v) is 20.8. The van der Waals surface area contributed by atoms with Gasteiger partial charge in [0.15, 0.2) is 11.5 Å². The number of halogens is 1. The molecule has 8 nitrogen and oxygen atoms in total. The Morgan fingerprint density at radius 2 is 1.80 bits per heavy atom. The molecule has 3 rings (SSSR count). The fourth-order valence-electron chi connectivity index (χ4n) is 4.10. The van der Waals surface area contributed by atoms with E-state index in [0.29, 0.717) is 35.2 Å². The zero-order chi connectivity index (χ0) is 25.4. The summed E-state index contributed by atoms with van der Waals surface area (Å²) in [5.74, 6) is -0.303. The molecule has 0 bridgehead atoms. The minimum Gasteiger partial charge on any atom is -0.493 e. The van der Waals surface area contributed by atoms with Crippen molar-refractivity contribution in [2.75, 3.05) is 26.8 Å². The first-order valence-corrected chi connectivity index (χ1v) is 12.1. The maximum Gasteiger partial charge on any atom is 0.325 e. The molecule has 1 aliphatic rings. The van der Waals surface area contributed by atoms with E-state index in [1.54, 1.807) is 30.3 Å². The quantitative estimate of drug-likeness (QED) is 0.408. The van der Waals surface area contributed by atoms with Crippen LogP contribution in [-0.4, -0.2) is 59.5 Å². The minimum absolute atomic E-state index is 0.160. The van der Waals surface area contributed by atoms with Crippen molar-refractivity contribution >= 4 is 29.4 Å². The Morgan fingerprint density at radius 1 is 1.11 bits per heavy atom. The number of aliphatic carboxylic acids is 1. The van der Waals surface area contributed by atoms with Crippen LogP contribution in [0.25, 0.3) is 0 Å². The summed E-state index contributed by atoms with van der Waals surface area (Å²) in [6.07, 6.45) is 2.28. The van der Waals surface area contributed by atoms with E-state index >= 15 is 0 Å². The molecule has 1 N–H and O–H groups in total. The lowest BCUT2D eigenvalue weighted by Crippen LogP contribution is -2.34. The third kappa shape index (κ3) is 6.96. The van der Waals surface area contributed by atoms with Crippen LogP contribution in [0.1, 0.15) is 49.8 Å². The molecule has 1 heterocycles. The highest BCUT2D eigenvalue weighted by Gasteiger charge is 2.29. The molecule has 0 spiro atoms. The number of ether oxygens (including phenoxy) is 2. The molecule has 0 radical (unpaired) electrons. The van der Waals surface area contributed by atoms with Gasteiger partial charge in [-0.1, -0.05) is 43.1 Å². The summed E-state index contributed by atoms with van der Waals surface area (Å²) in [6.45, 7) is 3.42. The highest BCUT2D eigenvalue weighted by molar-refractivity contribution is 6.30. The van der Waals surface area contributed by atoms with Crippen LogP contribution in [0, 0.1) is 0 Å². The van der Waals surface area contributed by atoms with Gasteiger partial charge in [0.1, 0.15) is 12.6 Å². The predicted octanol–water partition coefficient (Wildman–Crippen LogP) is 4.30. The molecule has 2 aromatic rings. The molecule has 1 fully saturated rings. The molecule has 1 unspecified atom stereocenters. The van der Waals surface area contributed by atoms with Crippen LogP contribution < -0.4 is 9.47 Å². The van der Waals surface area contributed by atoms with Crippen molar-refractivity contribution in [1.29, 1.82) is 0 Å². The molecule has 188 valence electrons. The molecule has 2 aromatic carbocycles. The van der Waals surface area contributed by atoms with Crippen molar-refractivity contribution in [2.24, 2.45) is 0 Å². The van der Waals surface area contributed by atoms with Crippen LogP contribution in [-0.2, 0) is 20.9 Å². The van der Waals surface area contributed by atoms with Gasteiger partial charge in [-0.25, -0.2) is 0 Å². The standard InChI is InChI=1S/C26H31ClN2O6/c1-3-4-13-28(25(26(32)33)19-6-8-20(27)9-7-19)17-18-5-10-21(22(16-18)34-2)35-15-14-29-23(30)11-12-24(29)31/h5-10,16,25H,3-4,11-15,17H2,1-2H3,(H,32,33). The summed E-state index contributed by atoms with van der Waals surface area (Å²) in [6, 6.07) is 11.5. The van der Waals surface area contributed by atoms with Gasteiger partial charge in [0, 0.05) is 24.4 Å².